The molecule has 1 fully saturated rings. The summed E-state index contributed by atoms with van der Waals surface area (Å²) in [5.41, 5.74) is -0.183. The van der Waals surface area contributed by atoms with E-state index in [-0.39, 0.29) is 17.3 Å². The molecule has 0 N–H and O–H groups in total. The van der Waals surface area contributed by atoms with Gasteiger partial charge in [-0.2, -0.15) is 0 Å². The van der Waals surface area contributed by atoms with Crippen molar-refractivity contribution in [3.05, 3.63) is 22.8 Å². The number of halogens is 1. The van der Waals surface area contributed by atoms with Crippen molar-refractivity contribution < 1.29 is 19.1 Å². The number of rotatable bonds is 2. The first-order valence-corrected chi connectivity index (χ1v) is 8.49. The minimum absolute atomic E-state index is 0.0639. The monoisotopic (exact) mass is 369 g/mol. The number of carbonyl (C=O) groups excluding carboxylic acids is 2. The number of amides is 1. The molecule has 1 aliphatic rings. The fourth-order valence-electron chi connectivity index (χ4n) is 2.64. The number of aromatic nitrogens is 1. The number of esters is 1. The second-order valence-corrected chi connectivity index (χ2v) is 7.38. The largest absolute Gasteiger partial charge is 0.465 e. The molecule has 25 heavy (non-hydrogen) atoms. The van der Waals surface area contributed by atoms with Gasteiger partial charge in [-0.3, -0.25) is 0 Å². The van der Waals surface area contributed by atoms with E-state index in [4.69, 9.17) is 21.1 Å². The number of hydrogen-bond acceptors (Lipinski definition) is 6. The summed E-state index contributed by atoms with van der Waals surface area (Å²) in [5.74, 6) is 0.120. The normalized spacial score (nSPS) is 18.1. The molecule has 0 unspecified atom stereocenters. The Balaban J connectivity index is 2.12. The maximum absolute atomic E-state index is 12.3. The van der Waals surface area contributed by atoms with Crippen LogP contribution in [0.15, 0.2) is 12.1 Å². The molecule has 0 spiro atoms. The molecular weight excluding hydrogens is 346 g/mol. The number of hydrogen-bond donors (Lipinski definition) is 0. The molecule has 7 nitrogen and oxygen atoms in total. The Labute approximate surface area is 152 Å². The number of ether oxygens (including phenoxy) is 2. The van der Waals surface area contributed by atoms with Gasteiger partial charge >= 0.3 is 12.1 Å². The van der Waals surface area contributed by atoms with Crippen molar-refractivity contribution in [2.24, 2.45) is 0 Å². The summed E-state index contributed by atoms with van der Waals surface area (Å²) < 4.78 is 10.2. The smallest absolute Gasteiger partial charge is 0.410 e. The highest BCUT2D eigenvalue weighted by Crippen LogP contribution is 2.23. The van der Waals surface area contributed by atoms with Crippen LogP contribution in [0.25, 0.3) is 0 Å². The first-order valence-electron chi connectivity index (χ1n) is 8.11. The zero-order chi connectivity index (χ0) is 18.8. The van der Waals surface area contributed by atoms with Gasteiger partial charge in [0.15, 0.2) is 0 Å². The minimum Gasteiger partial charge on any atom is -0.465 e. The lowest BCUT2D eigenvalue weighted by Gasteiger charge is -2.40. The average molecular weight is 370 g/mol. The second kappa shape index (κ2) is 7.47. The lowest BCUT2D eigenvalue weighted by Crippen LogP contribution is -2.55. The molecule has 1 aliphatic heterocycles. The van der Waals surface area contributed by atoms with E-state index >= 15 is 0 Å². The third kappa shape index (κ3) is 4.98. The Morgan fingerprint density at radius 3 is 2.52 bits per heavy atom. The number of anilines is 1. The molecule has 1 atom stereocenters. The summed E-state index contributed by atoms with van der Waals surface area (Å²) >= 11 is 6.03. The zero-order valence-electron chi connectivity index (χ0n) is 15.2. The van der Waals surface area contributed by atoms with Crippen LogP contribution in [0.5, 0.6) is 0 Å². The van der Waals surface area contributed by atoms with Gasteiger partial charge in [-0.1, -0.05) is 11.6 Å². The van der Waals surface area contributed by atoms with Crippen LogP contribution in [0.3, 0.4) is 0 Å². The molecule has 0 radical (unpaired) electrons. The molecule has 0 saturated carbocycles. The fraction of sp³-hybridized carbons (Fsp3) is 0.588. The number of nitrogens with zero attached hydrogens (tertiary/aromatic N) is 3. The second-order valence-electron chi connectivity index (χ2n) is 7.00. The van der Waals surface area contributed by atoms with Crippen molar-refractivity contribution in [1.82, 2.24) is 9.88 Å². The Hall–Kier alpha value is -2.02. The Kier molecular flexibility index (Phi) is 5.77. The van der Waals surface area contributed by atoms with Crippen LogP contribution in [0.2, 0.25) is 5.15 Å². The molecule has 1 amide bonds. The maximum Gasteiger partial charge on any atom is 0.410 e. The summed E-state index contributed by atoms with van der Waals surface area (Å²) in [6.45, 7) is 9.10. The molecule has 138 valence electrons. The lowest BCUT2D eigenvalue weighted by molar-refractivity contribution is 0.0158. The number of carbonyl (C=O) groups is 2. The van der Waals surface area contributed by atoms with E-state index in [0.717, 1.165) is 0 Å². The molecule has 0 bridgehead atoms. The van der Waals surface area contributed by atoms with Crippen molar-refractivity contribution >= 4 is 29.5 Å². The molecule has 1 aromatic rings. The highest BCUT2D eigenvalue weighted by atomic mass is 35.5. The van der Waals surface area contributed by atoms with Gasteiger partial charge in [0.05, 0.1) is 12.7 Å². The van der Waals surface area contributed by atoms with Crippen molar-refractivity contribution in [1.29, 1.82) is 0 Å². The Morgan fingerprint density at radius 2 is 1.96 bits per heavy atom. The Bertz CT molecular complexity index is 660. The first-order chi connectivity index (χ1) is 11.6. The van der Waals surface area contributed by atoms with Gasteiger partial charge in [-0.25, -0.2) is 14.6 Å². The Morgan fingerprint density at radius 1 is 1.28 bits per heavy atom. The van der Waals surface area contributed by atoms with E-state index in [1.807, 2.05) is 32.6 Å². The quantitative estimate of drug-likeness (QED) is 0.589. The minimum atomic E-state index is -0.530. The van der Waals surface area contributed by atoms with Crippen LogP contribution in [-0.4, -0.2) is 60.3 Å². The highest BCUT2D eigenvalue weighted by Gasteiger charge is 2.31. The van der Waals surface area contributed by atoms with Gasteiger partial charge in [0, 0.05) is 25.7 Å². The molecule has 2 rings (SSSR count). The fourth-order valence-corrected chi connectivity index (χ4v) is 2.84. The van der Waals surface area contributed by atoms with Gasteiger partial charge in [-0.15, -0.1) is 0 Å². The van der Waals surface area contributed by atoms with E-state index in [9.17, 15) is 9.59 Å². The van der Waals surface area contributed by atoms with Crippen LogP contribution in [-0.2, 0) is 9.47 Å². The van der Waals surface area contributed by atoms with Crippen LogP contribution in [0, 0.1) is 0 Å². The van der Waals surface area contributed by atoms with E-state index in [0.29, 0.717) is 31.0 Å². The van der Waals surface area contributed by atoms with Crippen molar-refractivity contribution in [2.75, 3.05) is 31.6 Å². The van der Waals surface area contributed by atoms with Crippen LogP contribution in [0.1, 0.15) is 38.1 Å². The lowest BCUT2D eigenvalue weighted by atomic mass is 10.1. The van der Waals surface area contributed by atoms with Crippen LogP contribution < -0.4 is 4.90 Å². The topological polar surface area (TPSA) is 72.0 Å². The number of piperazine rings is 1. The van der Waals surface area contributed by atoms with Gasteiger partial charge < -0.3 is 19.3 Å². The standard InChI is InChI=1S/C17H24ClN3O4/c1-11-10-20(6-7-21(11)16(23)25-17(2,3)4)14-9-12(15(22)24-5)8-13(18)19-14/h8-9,11H,6-7,10H2,1-5H3/t11-/m0/s1. The third-order valence-electron chi connectivity index (χ3n) is 3.78. The third-order valence-corrected chi connectivity index (χ3v) is 3.97. The van der Waals surface area contributed by atoms with Crippen molar-refractivity contribution in [3.63, 3.8) is 0 Å². The summed E-state index contributed by atoms with van der Waals surface area (Å²) in [4.78, 5) is 32.0. The summed E-state index contributed by atoms with van der Waals surface area (Å²) in [6.07, 6.45) is -0.325. The molecule has 2 heterocycles. The average Bonchev–Trinajstić information content (AvgIpc) is 2.51. The predicted molar refractivity (Wildman–Crippen MR) is 95.2 cm³/mol. The summed E-state index contributed by atoms with van der Waals surface area (Å²) in [6, 6.07) is 3.05. The maximum atomic E-state index is 12.3. The highest BCUT2D eigenvalue weighted by molar-refractivity contribution is 6.29. The van der Waals surface area contributed by atoms with Crippen molar-refractivity contribution in [3.8, 4) is 0 Å². The number of methoxy groups -OCH3 is 1. The van der Waals surface area contributed by atoms with Gasteiger partial charge in [0.1, 0.15) is 16.6 Å². The predicted octanol–water partition coefficient (Wildman–Crippen LogP) is 2.97. The molecule has 0 aliphatic carbocycles. The summed E-state index contributed by atoms with van der Waals surface area (Å²) in [7, 11) is 1.32. The molecule has 1 saturated heterocycles. The first kappa shape index (κ1) is 19.3. The molecular formula is C17H24ClN3O4. The molecule has 1 aromatic heterocycles. The van der Waals surface area contributed by atoms with Gasteiger partial charge in [0.2, 0.25) is 0 Å². The number of pyridine rings is 1. The van der Waals surface area contributed by atoms with Crippen LogP contribution in [0.4, 0.5) is 10.6 Å². The van der Waals surface area contributed by atoms with E-state index in [1.54, 1.807) is 11.0 Å². The van der Waals surface area contributed by atoms with Crippen molar-refractivity contribution in [2.45, 2.75) is 39.3 Å². The zero-order valence-corrected chi connectivity index (χ0v) is 16.0. The molecule has 0 aromatic carbocycles. The van der Waals surface area contributed by atoms with E-state index in [2.05, 4.69) is 4.98 Å². The summed E-state index contributed by atoms with van der Waals surface area (Å²) in [5, 5.41) is 0.222. The van der Waals surface area contributed by atoms with Crippen LogP contribution >= 0.6 is 11.6 Å². The molecule has 8 heteroatoms. The van der Waals surface area contributed by atoms with E-state index < -0.39 is 11.6 Å². The van der Waals surface area contributed by atoms with E-state index in [1.165, 1.54) is 13.2 Å². The van der Waals surface area contributed by atoms with Gasteiger partial charge in [-0.05, 0) is 39.8 Å². The van der Waals surface area contributed by atoms with Gasteiger partial charge in [0.25, 0.3) is 0 Å². The SMILES string of the molecule is COC(=O)c1cc(Cl)nc(N2CCN(C(=O)OC(C)(C)C)[C@@H](C)C2)c1.